The summed E-state index contributed by atoms with van der Waals surface area (Å²) in [6, 6.07) is 0. The summed E-state index contributed by atoms with van der Waals surface area (Å²) in [7, 11) is 0. The Morgan fingerprint density at radius 1 is 1.33 bits per heavy atom. The average molecular weight is 169 g/mol. The van der Waals surface area contributed by atoms with Gasteiger partial charge >= 0.3 is 0 Å². The van der Waals surface area contributed by atoms with E-state index in [-0.39, 0.29) is 0 Å². The summed E-state index contributed by atoms with van der Waals surface area (Å²) in [6.07, 6.45) is 4.37. The SMILES string of the molecule is C=CCCN(CCC)CC(C)C. The van der Waals surface area contributed by atoms with Crippen molar-refractivity contribution in [3.63, 3.8) is 0 Å². The highest BCUT2D eigenvalue weighted by atomic mass is 15.1. The molecule has 0 fully saturated rings. The van der Waals surface area contributed by atoms with Crippen molar-refractivity contribution in [1.29, 1.82) is 0 Å². The zero-order valence-corrected chi connectivity index (χ0v) is 8.84. The minimum atomic E-state index is 0.779. The van der Waals surface area contributed by atoms with E-state index in [0.717, 1.165) is 12.3 Å². The maximum Gasteiger partial charge on any atom is 0.00159 e. The van der Waals surface area contributed by atoms with Crippen molar-refractivity contribution in [3.8, 4) is 0 Å². The molecule has 0 spiro atoms. The normalized spacial score (nSPS) is 11.1. The molecule has 0 aliphatic carbocycles. The predicted molar refractivity (Wildman–Crippen MR) is 56.4 cm³/mol. The van der Waals surface area contributed by atoms with Crippen LogP contribution in [0.1, 0.15) is 33.6 Å². The van der Waals surface area contributed by atoms with Crippen LogP contribution in [-0.4, -0.2) is 24.5 Å². The highest BCUT2D eigenvalue weighted by molar-refractivity contribution is 4.70. The van der Waals surface area contributed by atoms with Crippen LogP contribution >= 0.6 is 0 Å². The van der Waals surface area contributed by atoms with Crippen LogP contribution in [0.15, 0.2) is 12.7 Å². The second-order valence-electron chi connectivity index (χ2n) is 3.77. The van der Waals surface area contributed by atoms with Crippen molar-refractivity contribution in [1.82, 2.24) is 4.90 Å². The molecule has 0 aromatic carbocycles. The lowest BCUT2D eigenvalue weighted by molar-refractivity contribution is 0.249. The summed E-state index contributed by atoms with van der Waals surface area (Å²) in [6.45, 7) is 14.2. The first kappa shape index (κ1) is 11.7. The van der Waals surface area contributed by atoms with E-state index in [2.05, 4.69) is 32.3 Å². The maximum absolute atomic E-state index is 3.75. The van der Waals surface area contributed by atoms with Crippen LogP contribution in [0.25, 0.3) is 0 Å². The standard InChI is InChI=1S/C11H23N/c1-5-7-9-12(8-6-2)10-11(3)4/h5,11H,1,6-10H2,2-4H3. The number of hydrogen-bond acceptors (Lipinski definition) is 1. The van der Waals surface area contributed by atoms with Gasteiger partial charge in [0.2, 0.25) is 0 Å². The van der Waals surface area contributed by atoms with Crippen molar-refractivity contribution < 1.29 is 0 Å². The summed E-state index contributed by atoms with van der Waals surface area (Å²) in [5.41, 5.74) is 0. The fourth-order valence-electron chi connectivity index (χ4n) is 1.40. The van der Waals surface area contributed by atoms with E-state index in [1.807, 2.05) is 6.08 Å². The van der Waals surface area contributed by atoms with Crippen LogP contribution in [0.2, 0.25) is 0 Å². The molecule has 0 atom stereocenters. The highest BCUT2D eigenvalue weighted by Gasteiger charge is 2.04. The topological polar surface area (TPSA) is 3.24 Å². The second kappa shape index (κ2) is 7.35. The molecule has 0 rings (SSSR count). The number of rotatable bonds is 7. The lowest BCUT2D eigenvalue weighted by atomic mass is 10.2. The van der Waals surface area contributed by atoms with Gasteiger partial charge in [-0.3, -0.25) is 0 Å². The van der Waals surface area contributed by atoms with Crippen molar-refractivity contribution in [2.24, 2.45) is 5.92 Å². The van der Waals surface area contributed by atoms with Crippen LogP contribution in [0.4, 0.5) is 0 Å². The number of nitrogens with zero attached hydrogens (tertiary/aromatic N) is 1. The number of hydrogen-bond donors (Lipinski definition) is 0. The molecule has 0 saturated carbocycles. The lowest BCUT2D eigenvalue weighted by Crippen LogP contribution is -2.29. The van der Waals surface area contributed by atoms with Gasteiger partial charge in [-0.2, -0.15) is 0 Å². The molecule has 1 nitrogen and oxygen atoms in total. The van der Waals surface area contributed by atoms with E-state index < -0.39 is 0 Å². The second-order valence-corrected chi connectivity index (χ2v) is 3.77. The highest BCUT2D eigenvalue weighted by Crippen LogP contribution is 2.01. The van der Waals surface area contributed by atoms with Gasteiger partial charge in [-0.1, -0.05) is 26.8 Å². The monoisotopic (exact) mass is 169 g/mol. The van der Waals surface area contributed by atoms with Crippen LogP contribution in [0.3, 0.4) is 0 Å². The minimum Gasteiger partial charge on any atom is -0.303 e. The average Bonchev–Trinajstić information content (AvgIpc) is 2.00. The Morgan fingerprint density at radius 3 is 2.42 bits per heavy atom. The molecule has 0 aliphatic heterocycles. The van der Waals surface area contributed by atoms with Gasteiger partial charge in [0, 0.05) is 13.1 Å². The fraction of sp³-hybridized carbons (Fsp3) is 0.818. The van der Waals surface area contributed by atoms with Crippen LogP contribution < -0.4 is 0 Å². The molecule has 0 heterocycles. The van der Waals surface area contributed by atoms with E-state index >= 15 is 0 Å². The van der Waals surface area contributed by atoms with E-state index in [0.29, 0.717) is 0 Å². The summed E-state index contributed by atoms with van der Waals surface area (Å²) in [5, 5.41) is 0. The molecule has 12 heavy (non-hydrogen) atoms. The smallest absolute Gasteiger partial charge is 0.00159 e. The van der Waals surface area contributed by atoms with Crippen LogP contribution in [0.5, 0.6) is 0 Å². The summed E-state index contributed by atoms with van der Waals surface area (Å²) in [4.78, 5) is 2.52. The first-order valence-electron chi connectivity index (χ1n) is 5.04. The molecule has 1 heteroatoms. The summed E-state index contributed by atoms with van der Waals surface area (Å²) < 4.78 is 0. The quantitative estimate of drug-likeness (QED) is 0.530. The molecule has 0 aromatic rings. The van der Waals surface area contributed by atoms with Gasteiger partial charge in [-0.25, -0.2) is 0 Å². The summed E-state index contributed by atoms with van der Waals surface area (Å²) in [5.74, 6) is 0.779. The van der Waals surface area contributed by atoms with E-state index in [1.54, 1.807) is 0 Å². The van der Waals surface area contributed by atoms with Gasteiger partial charge in [-0.15, -0.1) is 6.58 Å². The molecule has 0 aromatic heterocycles. The molecular weight excluding hydrogens is 146 g/mol. The minimum absolute atomic E-state index is 0.779. The third-order valence-corrected chi connectivity index (χ3v) is 1.81. The van der Waals surface area contributed by atoms with Gasteiger partial charge in [0.25, 0.3) is 0 Å². The molecule has 0 bridgehead atoms. The summed E-state index contributed by atoms with van der Waals surface area (Å²) >= 11 is 0. The van der Waals surface area contributed by atoms with Gasteiger partial charge in [-0.05, 0) is 25.3 Å². The molecule has 0 unspecified atom stereocenters. The molecule has 0 radical (unpaired) electrons. The first-order chi connectivity index (χ1) is 5.70. The Labute approximate surface area is 77.5 Å². The van der Waals surface area contributed by atoms with Crippen LogP contribution in [-0.2, 0) is 0 Å². The maximum atomic E-state index is 3.75. The Hall–Kier alpha value is -0.300. The van der Waals surface area contributed by atoms with Crippen molar-refractivity contribution in [3.05, 3.63) is 12.7 Å². The van der Waals surface area contributed by atoms with E-state index in [9.17, 15) is 0 Å². The Bertz CT molecular complexity index is 108. The Kier molecular flexibility index (Phi) is 7.17. The van der Waals surface area contributed by atoms with Gasteiger partial charge < -0.3 is 4.90 Å². The molecule has 0 saturated heterocycles. The molecular formula is C11H23N. The Morgan fingerprint density at radius 2 is 2.00 bits per heavy atom. The van der Waals surface area contributed by atoms with Crippen molar-refractivity contribution >= 4 is 0 Å². The van der Waals surface area contributed by atoms with E-state index in [4.69, 9.17) is 0 Å². The largest absolute Gasteiger partial charge is 0.303 e. The third kappa shape index (κ3) is 6.41. The fourth-order valence-corrected chi connectivity index (χ4v) is 1.40. The zero-order chi connectivity index (χ0) is 9.40. The predicted octanol–water partition coefficient (Wildman–Crippen LogP) is 2.93. The Balaban J connectivity index is 3.61. The van der Waals surface area contributed by atoms with Crippen molar-refractivity contribution in [2.45, 2.75) is 33.6 Å². The zero-order valence-electron chi connectivity index (χ0n) is 8.84. The van der Waals surface area contributed by atoms with Gasteiger partial charge in [0.05, 0.1) is 0 Å². The van der Waals surface area contributed by atoms with Gasteiger partial charge in [0.15, 0.2) is 0 Å². The molecule has 0 aliphatic rings. The van der Waals surface area contributed by atoms with Crippen molar-refractivity contribution in [2.75, 3.05) is 19.6 Å². The lowest BCUT2D eigenvalue weighted by Gasteiger charge is -2.22. The molecule has 0 N–H and O–H groups in total. The van der Waals surface area contributed by atoms with Gasteiger partial charge in [0.1, 0.15) is 0 Å². The molecule has 72 valence electrons. The molecule has 0 amide bonds. The third-order valence-electron chi connectivity index (χ3n) is 1.81. The van der Waals surface area contributed by atoms with E-state index in [1.165, 1.54) is 26.1 Å². The first-order valence-corrected chi connectivity index (χ1v) is 5.04. The van der Waals surface area contributed by atoms with Crippen LogP contribution in [0, 0.1) is 5.92 Å².